The highest BCUT2D eigenvalue weighted by atomic mass is 79.9. The van der Waals surface area contributed by atoms with E-state index in [1.54, 1.807) is 12.3 Å². The first kappa shape index (κ1) is 14.3. The lowest BCUT2D eigenvalue weighted by Gasteiger charge is -2.07. The van der Waals surface area contributed by atoms with Gasteiger partial charge in [0.05, 0.1) is 23.8 Å². The van der Waals surface area contributed by atoms with Crippen molar-refractivity contribution in [2.24, 2.45) is 0 Å². The Bertz CT molecular complexity index is 616. The molecule has 0 spiro atoms. The third kappa shape index (κ3) is 3.45. The summed E-state index contributed by atoms with van der Waals surface area (Å²) in [5, 5.41) is 10.9. The van der Waals surface area contributed by atoms with Gasteiger partial charge in [0.15, 0.2) is 5.75 Å². The number of hydrogen-bond donors (Lipinski definition) is 0. The van der Waals surface area contributed by atoms with E-state index >= 15 is 0 Å². The number of aromatic nitrogens is 1. The molecule has 0 radical (unpaired) electrons. The molecule has 2 rings (SSSR count). The van der Waals surface area contributed by atoms with E-state index < -0.39 is 4.92 Å². The van der Waals surface area contributed by atoms with Crippen LogP contribution in [0.25, 0.3) is 0 Å². The van der Waals surface area contributed by atoms with Crippen LogP contribution in [-0.4, -0.2) is 17.0 Å². The lowest BCUT2D eigenvalue weighted by Crippen LogP contribution is -1.99. The first-order chi connectivity index (χ1) is 9.60. The predicted molar refractivity (Wildman–Crippen MR) is 75.9 cm³/mol. The SMILES string of the molecule is COc1ccc(OCc2ccc(Br)cn2)cc1[N+](=O)[O-]. The van der Waals surface area contributed by atoms with E-state index in [1.165, 1.54) is 19.2 Å². The highest BCUT2D eigenvalue weighted by Gasteiger charge is 2.15. The Morgan fingerprint density at radius 2 is 2.15 bits per heavy atom. The summed E-state index contributed by atoms with van der Waals surface area (Å²) in [6, 6.07) is 8.11. The Balaban J connectivity index is 2.11. The third-order valence-electron chi connectivity index (χ3n) is 2.52. The highest BCUT2D eigenvalue weighted by Crippen LogP contribution is 2.31. The number of ether oxygens (including phenoxy) is 2. The van der Waals surface area contributed by atoms with E-state index in [-0.39, 0.29) is 18.0 Å². The first-order valence-corrected chi connectivity index (χ1v) is 6.45. The fourth-order valence-corrected chi connectivity index (χ4v) is 1.79. The second-order valence-electron chi connectivity index (χ2n) is 3.85. The van der Waals surface area contributed by atoms with Crippen LogP contribution < -0.4 is 9.47 Å². The van der Waals surface area contributed by atoms with Crippen molar-refractivity contribution in [2.75, 3.05) is 7.11 Å². The van der Waals surface area contributed by atoms with Gasteiger partial charge in [-0.1, -0.05) is 0 Å². The molecule has 0 aliphatic rings. The van der Waals surface area contributed by atoms with Crippen LogP contribution in [0.15, 0.2) is 41.0 Å². The zero-order valence-electron chi connectivity index (χ0n) is 10.6. The van der Waals surface area contributed by atoms with Crippen molar-refractivity contribution in [1.29, 1.82) is 0 Å². The van der Waals surface area contributed by atoms with Gasteiger partial charge in [-0.05, 0) is 40.2 Å². The van der Waals surface area contributed by atoms with Gasteiger partial charge in [-0.15, -0.1) is 0 Å². The molecule has 0 unspecified atom stereocenters. The number of nitro benzene ring substituents is 1. The fraction of sp³-hybridized carbons (Fsp3) is 0.154. The zero-order chi connectivity index (χ0) is 14.5. The minimum atomic E-state index is -0.510. The lowest BCUT2D eigenvalue weighted by molar-refractivity contribution is -0.385. The predicted octanol–water partition coefficient (Wildman–Crippen LogP) is 3.34. The Hall–Kier alpha value is -2.15. The molecule has 0 atom stereocenters. The molecule has 0 saturated carbocycles. The molecule has 0 saturated heterocycles. The molecule has 0 aliphatic carbocycles. The smallest absolute Gasteiger partial charge is 0.314 e. The van der Waals surface area contributed by atoms with Crippen molar-refractivity contribution < 1.29 is 14.4 Å². The van der Waals surface area contributed by atoms with Crippen LogP contribution in [0.2, 0.25) is 0 Å². The fourth-order valence-electron chi connectivity index (χ4n) is 1.55. The van der Waals surface area contributed by atoms with Crippen molar-refractivity contribution in [1.82, 2.24) is 4.98 Å². The molecule has 7 heteroatoms. The third-order valence-corrected chi connectivity index (χ3v) is 2.99. The molecule has 1 heterocycles. The van der Waals surface area contributed by atoms with Crippen molar-refractivity contribution in [3.63, 3.8) is 0 Å². The molecule has 1 aromatic heterocycles. The number of nitro groups is 1. The number of pyridine rings is 1. The Morgan fingerprint density at radius 3 is 2.75 bits per heavy atom. The quantitative estimate of drug-likeness (QED) is 0.617. The molecule has 1 aromatic carbocycles. The molecule has 20 heavy (non-hydrogen) atoms. The Kier molecular flexibility index (Phi) is 4.52. The van der Waals surface area contributed by atoms with Crippen LogP contribution in [0.5, 0.6) is 11.5 Å². The van der Waals surface area contributed by atoms with E-state index in [9.17, 15) is 10.1 Å². The molecule has 104 valence electrons. The largest absolute Gasteiger partial charge is 0.490 e. The Morgan fingerprint density at radius 1 is 1.35 bits per heavy atom. The number of hydrogen-bond acceptors (Lipinski definition) is 5. The van der Waals surface area contributed by atoms with E-state index in [4.69, 9.17) is 9.47 Å². The number of benzene rings is 1. The van der Waals surface area contributed by atoms with E-state index in [2.05, 4.69) is 20.9 Å². The van der Waals surface area contributed by atoms with Gasteiger partial charge in [0, 0.05) is 10.7 Å². The minimum Gasteiger partial charge on any atom is -0.490 e. The summed E-state index contributed by atoms with van der Waals surface area (Å²) in [5.74, 6) is 0.589. The lowest BCUT2D eigenvalue weighted by atomic mass is 10.3. The summed E-state index contributed by atoms with van der Waals surface area (Å²) in [6.45, 7) is 0.233. The maximum absolute atomic E-state index is 10.9. The van der Waals surface area contributed by atoms with Gasteiger partial charge in [0.25, 0.3) is 0 Å². The van der Waals surface area contributed by atoms with Gasteiger partial charge >= 0.3 is 5.69 Å². The molecule has 0 aliphatic heterocycles. The monoisotopic (exact) mass is 338 g/mol. The molecule has 0 amide bonds. The second-order valence-corrected chi connectivity index (χ2v) is 4.76. The maximum atomic E-state index is 10.9. The molecule has 0 fully saturated rings. The van der Waals surface area contributed by atoms with Gasteiger partial charge in [0.2, 0.25) is 0 Å². The number of rotatable bonds is 5. The highest BCUT2D eigenvalue weighted by molar-refractivity contribution is 9.10. The average Bonchev–Trinajstić information content (AvgIpc) is 2.46. The van der Waals surface area contributed by atoms with Gasteiger partial charge in [-0.25, -0.2) is 0 Å². The molecule has 0 N–H and O–H groups in total. The number of nitrogens with zero attached hydrogens (tertiary/aromatic N) is 2. The Labute approximate surface area is 123 Å². The summed E-state index contributed by atoms with van der Waals surface area (Å²) < 4.78 is 11.3. The maximum Gasteiger partial charge on any atom is 0.314 e. The molecule has 0 bridgehead atoms. The number of halogens is 1. The van der Waals surface area contributed by atoms with Crippen molar-refractivity contribution in [3.05, 3.63) is 56.8 Å². The van der Waals surface area contributed by atoms with E-state index in [0.29, 0.717) is 5.75 Å². The van der Waals surface area contributed by atoms with Crippen LogP contribution in [0.1, 0.15) is 5.69 Å². The molecular weight excluding hydrogens is 328 g/mol. The van der Waals surface area contributed by atoms with Gasteiger partial charge in [-0.2, -0.15) is 0 Å². The van der Waals surface area contributed by atoms with Crippen LogP contribution in [-0.2, 0) is 6.61 Å². The summed E-state index contributed by atoms with van der Waals surface area (Å²) >= 11 is 3.29. The first-order valence-electron chi connectivity index (χ1n) is 5.66. The van der Waals surface area contributed by atoms with Crippen LogP contribution >= 0.6 is 15.9 Å². The van der Waals surface area contributed by atoms with Crippen LogP contribution in [0.3, 0.4) is 0 Å². The summed E-state index contributed by atoms with van der Waals surface area (Å²) in [5.41, 5.74) is 0.598. The van der Waals surface area contributed by atoms with Gasteiger partial charge < -0.3 is 9.47 Å². The standard InChI is InChI=1S/C13H11BrN2O4/c1-19-13-5-4-11(6-12(13)16(17)18)20-8-10-3-2-9(14)7-15-10/h2-7H,8H2,1H3. The number of methoxy groups -OCH3 is 1. The summed E-state index contributed by atoms with van der Waals surface area (Å²) in [7, 11) is 1.38. The van der Waals surface area contributed by atoms with Gasteiger partial charge in [-0.3, -0.25) is 15.1 Å². The van der Waals surface area contributed by atoms with Crippen molar-refractivity contribution >= 4 is 21.6 Å². The topological polar surface area (TPSA) is 74.5 Å². The summed E-state index contributed by atoms with van der Waals surface area (Å²) in [4.78, 5) is 14.5. The second kappa shape index (κ2) is 6.33. The summed E-state index contributed by atoms with van der Waals surface area (Å²) in [6.07, 6.45) is 1.66. The zero-order valence-corrected chi connectivity index (χ0v) is 12.2. The van der Waals surface area contributed by atoms with E-state index in [0.717, 1.165) is 10.2 Å². The molecular formula is C13H11BrN2O4. The van der Waals surface area contributed by atoms with Gasteiger partial charge in [0.1, 0.15) is 12.4 Å². The average molecular weight is 339 g/mol. The van der Waals surface area contributed by atoms with E-state index in [1.807, 2.05) is 12.1 Å². The van der Waals surface area contributed by atoms with Crippen molar-refractivity contribution in [2.45, 2.75) is 6.61 Å². The molecule has 2 aromatic rings. The van der Waals surface area contributed by atoms with Crippen molar-refractivity contribution in [3.8, 4) is 11.5 Å². The van der Waals surface area contributed by atoms with Crippen LogP contribution in [0.4, 0.5) is 5.69 Å². The normalized spacial score (nSPS) is 10.1. The van der Waals surface area contributed by atoms with Crippen LogP contribution in [0, 0.1) is 10.1 Å². The minimum absolute atomic E-state index is 0.131. The molecule has 6 nitrogen and oxygen atoms in total.